The minimum Gasteiger partial charge on any atom is -0.310 e. The Bertz CT molecular complexity index is 33.9. The van der Waals surface area contributed by atoms with E-state index in [2.05, 4.69) is 21.2 Å². The van der Waals surface area contributed by atoms with E-state index in [-0.39, 0.29) is 0 Å². The summed E-state index contributed by atoms with van der Waals surface area (Å²) in [4.78, 5) is 0. The van der Waals surface area contributed by atoms with E-state index < -0.39 is 0 Å². The third-order valence-corrected chi connectivity index (χ3v) is 1.46. The first-order valence-corrected chi connectivity index (χ1v) is 2.85. The minimum absolute atomic E-state index is 0.801. The number of hydrogen-bond donors (Lipinski definition) is 1. The Morgan fingerprint density at radius 3 is 2.60 bits per heavy atom. The van der Waals surface area contributed by atoms with Crippen LogP contribution < -0.4 is 5.32 Å². The van der Waals surface area contributed by atoms with E-state index >= 15 is 0 Å². The molecule has 5 heavy (non-hydrogen) atoms. The fraction of sp³-hybridized carbons (Fsp3) is 1.00. The summed E-state index contributed by atoms with van der Waals surface area (Å²) >= 11 is 3.31. The van der Waals surface area contributed by atoms with Gasteiger partial charge in [-0.25, -0.2) is 0 Å². The van der Waals surface area contributed by atoms with E-state index in [1.165, 1.54) is 6.54 Å². The zero-order valence-corrected chi connectivity index (χ0v) is 4.46. The average Bonchev–Trinajstić information content (AvgIpc) is 2.12. The molecule has 1 aliphatic rings. The number of halogens is 1. The standard InChI is InChI=1S/C3H6BrN/c4-1-3-2-5-3/h3,5H,1-2H2. The number of alkyl halides is 1. The number of hydrogen-bond acceptors (Lipinski definition) is 1. The molecule has 0 bridgehead atoms. The second-order valence-corrected chi connectivity index (χ2v) is 1.91. The zero-order chi connectivity index (χ0) is 3.70. The summed E-state index contributed by atoms with van der Waals surface area (Å²) in [6, 6.07) is 0.801. The van der Waals surface area contributed by atoms with Crippen LogP contribution in [0.25, 0.3) is 0 Å². The van der Waals surface area contributed by atoms with Crippen molar-refractivity contribution in [2.45, 2.75) is 6.04 Å². The lowest BCUT2D eigenvalue weighted by Gasteiger charge is -1.69. The van der Waals surface area contributed by atoms with Crippen molar-refractivity contribution in [1.29, 1.82) is 0 Å². The van der Waals surface area contributed by atoms with Gasteiger partial charge in [-0.3, -0.25) is 0 Å². The highest BCUT2D eigenvalue weighted by atomic mass is 79.9. The van der Waals surface area contributed by atoms with Gasteiger partial charge in [-0.05, 0) is 0 Å². The van der Waals surface area contributed by atoms with Gasteiger partial charge in [0, 0.05) is 17.9 Å². The van der Waals surface area contributed by atoms with Gasteiger partial charge in [-0.2, -0.15) is 0 Å². The average molecular weight is 136 g/mol. The maximum Gasteiger partial charge on any atom is 0.0290 e. The Morgan fingerprint density at radius 2 is 2.60 bits per heavy atom. The lowest BCUT2D eigenvalue weighted by atomic mass is 10.6. The zero-order valence-electron chi connectivity index (χ0n) is 2.87. The summed E-state index contributed by atoms with van der Waals surface area (Å²) in [5.41, 5.74) is 0. The molecule has 1 atom stereocenters. The molecule has 2 heteroatoms. The van der Waals surface area contributed by atoms with Gasteiger partial charge in [-0.15, -0.1) is 0 Å². The van der Waals surface area contributed by atoms with E-state index in [4.69, 9.17) is 0 Å². The SMILES string of the molecule is BrCC1CN1. The van der Waals surface area contributed by atoms with Crippen LogP contribution in [0.2, 0.25) is 0 Å². The van der Waals surface area contributed by atoms with Crippen LogP contribution in [0.15, 0.2) is 0 Å². The smallest absolute Gasteiger partial charge is 0.0290 e. The lowest BCUT2D eigenvalue weighted by Crippen LogP contribution is -1.87. The quantitative estimate of drug-likeness (QED) is 0.407. The van der Waals surface area contributed by atoms with Crippen LogP contribution in [0.4, 0.5) is 0 Å². The van der Waals surface area contributed by atoms with E-state index in [0.717, 1.165) is 11.4 Å². The molecule has 1 rings (SSSR count). The fourth-order valence-electron chi connectivity index (χ4n) is 0.192. The second kappa shape index (κ2) is 1.27. The molecule has 0 aromatic carbocycles. The molecule has 30 valence electrons. The molecule has 1 nitrogen and oxygen atoms in total. The normalized spacial score (nSPS) is 34.2. The molecule has 0 spiro atoms. The van der Waals surface area contributed by atoms with Crippen molar-refractivity contribution < 1.29 is 0 Å². The highest BCUT2D eigenvalue weighted by molar-refractivity contribution is 9.09. The molecular weight excluding hydrogens is 130 g/mol. The molecule has 0 saturated carbocycles. The van der Waals surface area contributed by atoms with Gasteiger partial charge >= 0.3 is 0 Å². The topological polar surface area (TPSA) is 21.9 Å². The Balaban J connectivity index is 2.00. The molecule has 1 N–H and O–H groups in total. The molecule has 1 saturated heterocycles. The summed E-state index contributed by atoms with van der Waals surface area (Å²) in [7, 11) is 0. The fourth-order valence-corrected chi connectivity index (χ4v) is 0.650. The predicted octanol–water partition coefficient (Wildman–Crippen LogP) is 0.353. The monoisotopic (exact) mass is 135 g/mol. The first-order chi connectivity index (χ1) is 2.43. The van der Waals surface area contributed by atoms with Crippen LogP contribution in [0, 0.1) is 0 Å². The molecule has 0 amide bonds. The molecule has 0 aromatic heterocycles. The van der Waals surface area contributed by atoms with E-state index in [1.807, 2.05) is 0 Å². The molecule has 1 unspecified atom stereocenters. The lowest BCUT2D eigenvalue weighted by molar-refractivity contribution is 1.12. The predicted molar refractivity (Wildman–Crippen MR) is 25.6 cm³/mol. The van der Waals surface area contributed by atoms with Crippen LogP contribution in [-0.4, -0.2) is 17.9 Å². The molecule has 0 aromatic rings. The first kappa shape index (κ1) is 3.62. The highest BCUT2D eigenvalue weighted by Crippen LogP contribution is 1.98. The van der Waals surface area contributed by atoms with Gasteiger partial charge < -0.3 is 5.32 Å². The molecule has 1 aliphatic heterocycles. The maximum atomic E-state index is 3.31. The maximum absolute atomic E-state index is 3.31. The van der Waals surface area contributed by atoms with Crippen molar-refractivity contribution in [2.75, 3.05) is 11.9 Å². The van der Waals surface area contributed by atoms with Gasteiger partial charge in [0.05, 0.1) is 0 Å². The number of rotatable bonds is 1. The molecule has 0 aliphatic carbocycles. The molecule has 1 fully saturated rings. The molecular formula is C3H6BrN. The van der Waals surface area contributed by atoms with E-state index in [9.17, 15) is 0 Å². The summed E-state index contributed by atoms with van der Waals surface area (Å²) < 4.78 is 0. The second-order valence-electron chi connectivity index (χ2n) is 1.26. The van der Waals surface area contributed by atoms with Crippen molar-refractivity contribution in [3.63, 3.8) is 0 Å². The van der Waals surface area contributed by atoms with Crippen molar-refractivity contribution in [3.05, 3.63) is 0 Å². The van der Waals surface area contributed by atoms with Gasteiger partial charge in [0.15, 0.2) is 0 Å². The van der Waals surface area contributed by atoms with E-state index in [1.54, 1.807) is 0 Å². The summed E-state index contributed by atoms with van der Waals surface area (Å²) in [5, 5.41) is 4.26. The van der Waals surface area contributed by atoms with Crippen LogP contribution in [0.5, 0.6) is 0 Å². The Kier molecular flexibility index (Phi) is 0.918. The van der Waals surface area contributed by atoms with Crippen molar-refractivity contribution in [1.82, 2.24) is 5.32 Å². The van der Waals surface area contributed by atoms with Gasteiger partial charge in [0.1, 0.15) is 0 Å². The highest BCUT2D eigenvalue weighted by Gasteiger charge is 2.16. The summed E-state index contributed by atoms with van der Waals surface area (Å²) in [6.45, 7) is 1.21. The molecule has 0 radical (unpaired) electrons. The Morgan fingerprint density at radius 1 is 2.00 bits per heavy atom. The largest absolute Gasteiger partial charge is 0.310 e. The number of nitrogens with one attached hydrogen (secondary N) is 1. The van der Waals surface area contributed by atoms with Crippen molar-refractivity contribution in [3.8, 4) is 0 Å². The van der Waals surface area contributed by atoms with Crippen molar-refractivity contribution >= 4 is 15.9 Å². The van der Waals surface area contributed by atoms with Gasteiger partial charge in [0.2, 0.25) is 0 Å². The third kappa shape index (κ3) is 0.893. The van der Waals surface area contributed by atoms with Crippen molar-refractivity contribution in [2.24, 2.45) is 0 Å². The van der Waals surface area contributed by atoms with Crippen LogP contribution in [-0.2, 0) is 0 Å². The van der Waals surface area contributed by atoms with Gasteiger partial charge in [-0.1, -0.05) is 15.9 Å². The van der Waals surface area contributed by atoms with E-state index in [0.29, 0.717) is 0 Å². The molecule has 1 heterocycles. The minimum atomic E-state index is 0.801. The summed E-state index contributed by atoms with van der Waals surface area (Å²) in [5.74, 6) is 0. The Labute approximate surface area is 39.9 Å². The first-order valence-electron chi connectivity index (χ1n) is 1.73. The summed E-state index contributed by atoms with van der Waals surface area (Å²) in [6.07, 6.45) is 0. The van der Waals surface area contributed by atoms with Crippen LogP contribution >= 0.6 is 15.9 Å². The van der Waals surface area contributed by atoms with Crippen LogP contribution in [0.1, 0.15) is 0 Å². The third-order valence-electron chi connectivity index (χ3n) is 0.679. The van der Waals surface area contributed by atoms with Crippen LogP contribution in [0.3, 0.4) is 0 Å². The Hall–Kier alpha value is 0.440. The van der Waals surface area contributed by atoms with Gasteiger partial charge in [0.25, 0.3) is 0 Å².